The second kappa shape index (κ2) is 3.48. The van der Waals surface area contributed by atoms with Crippen molar-refractivity contribution in [3.8, 4) is 0 Å². The van der Waals surface area contributed by atoms with Crippen molar-refractivity contribution in [1.82, 2.24) is 10.2 Å². The molecule has 0 aromatic carbocycles. The second-order valence-electron chi connectivity index (χ2n) is 4.60. The van der Waals surface area contributed by atoms with E-state index in [2.05, 4.69) is 5.32 Å². The summed E-state index contributed by atoms with van der Waals surface area (Å²) in [4.78, 5) is 24.2. The molecule has 0 spiro atoms. The zero-order valence-electron chi connectivity index (χ0n) is 8.83. The van der Waals surface area contributed by atoms with E-state index in [1.807, 2.05) is 20.8 Å². The minimum atomic E-state index is -0.537. The largest absolute Gasteiger partial charge is 0.368 e. The average Bonchev–Trinajstić information content (AvgIpc) is 2.32. The molecule has 3 amide bonds. The lowest BCUT2D eigenvalue weighted by Gasteiger charge is -2.34. The molecule has 5 heteroatoms. The normalized spacial score (nSPS) is 19.4. The van der Waals surface area contributed by atoms with Gasteiger partial charge in [0.15, 0.2) is 0 Å². The van der Waals surface area contributed by atoms with Gasteiger partial charge in [0.1, 0.15) is 6.04 Å². The van der Waals surface area contributed by atoms with E-state index in [1.54, 1.807) is 0 Å². The monoisotopic (exact) mass is 199 g/mol. The Hall–Kier alpha value is -1.26. The minimum Gasteiger partial charge on any atom is -0.368 e. The fourth-order valence-corrected chi connectivity index (χ4v) is 1.78. The summed E-state index contributed by atoms with van der Waals surface area (Å²) in [6, 6.07) is -0.742. The quantitative estimate of drug-likeness (QED) is 0.652. The Morgan fingerprint density at radius 3 is 2.43 bits per heavy atom. The molecule has 5 nitrogen and oxygen atoms in total. The van der Waals surface area contributed by atoms with E-state index in [4.69, 9.17) is 5.73 Å². The van der Waals surface area contributed by atoms with Crippen LogP contribution in [0.3, 0.4) is 0 Å². The highest BCUT2D eigenvalue weighted by Gasteiger charge is 2.39. The first-order valence-corrected chi connectivity index (χ1v) is 4.68. The summed E-state index contributed by atoms with van der Waals surface area (Å²) in [6.45, 7) is 6.82. The number of hydrogen-bond donors (Lipinski definition) is 2. The van der Waals surface area contributed by atoms with Crippen molar-refractivity contribution < 1.29 is 9.59 Å². The van der Waals surface area contributed by atoms with Crippen LogP contribution in [0.25, 0.3) is 0 Å². The Balaban J connectivity index is 2.88. The summed E-state index contributed by atoms with van der Waals surface area (Å²) < 4.78 is 0. The van der Waals surface area contributed by atoms with E-state index >= 15 is 0 Å². The van der Waals surface area contributed by atoms with E-state index in [1.165, 1.54) is 4.90 Å². The molecule has 1 heterocycles. The van der Waals surface area contributed by atoms with Gasteiger partial charge in [0.25, 0.3) is 0 Å². The zero-order chi connectivity index (χ0) is 10.9. The molecule has 0 radical (unpaired) electrons. The van der Waals surface area contributed by atoms with E-state index in [9.17, 15) is 9.59 Å². The molecule has 3 N–H and O–H groups in total. The van der Waals surface area contributed by atoms with Gasteiger partial charge in [-0.25, -0.2) is 4.79 Å². The van der Waals surface area contributed by atoms with Crippen LogP contribution in [0.2, 0.25) is 0 Å². The van der Waals surface area contributed by atoms with Gasteiger partial charge in [-0.2, -0.15) is 0 Å². The molecular formula is C9H17N3O2. The standard InChI is InChI=1S/C9H17N3O2/c1-9(2,3)6(7(10)13)12-5-4-11-8(12)14/h6H,4-5H2,1-3H3,(H2,10,13)(H,11,14). The highest BCUT2D eigenvalue weighted by Crippen LogP contribution is 2.25. The van der Waals surface area contributed by atoms with E-state index in [-0.39, 0.29) is 11.4 Å². The smallest absolute Gasteiger partial charge is 0.318 e. The number of hydrogen-bond acceptors (Lipinski definition) is 2. The first kappa shape index (κ1) is 10.8. The number of nitrogens with one attached hydrogen (secondary N) is 1. The fraction of sp³-hybridized carbons (Fsp3) is 0.778. The van der Waals surface area contributed by atoms with Gasteiger partial charge in [-0.05, 0) is 5.41 Å². The molecule has 0 bridgehead atoms. The van der Waals surface area contributed by atoms with Gasteiger partial charge in [-0.3, -0.25) is 4.79 Å². The van der Waals surface area contributed by atoms with Gasteiger partial charge in [0.2, 0.25) is 5.91 Å². The predicted octanol–water partition coefficient (Wildman–Crippen LogP) is -0.0884. The van der Waals surface area contributed by atoms with Crippen molar-refractivity contribution in [1.29, 1.82) is 0 Å². The second-order valence-corrected chi connectivity index (χ2v) is 4.60. The summed E-state index contributed by atoms with van der Waals surface area (Å²) in [5.41, 5.74) is 4.98. The summed E-state index contributed by atoms with van der Waals surface area (Å²) in [6.07, 6.45) is 0. The molecule has 0 aromatic heterocycles. The molecular weight excluding hydrogens is 182 g/mol. The molecule has 1 atom stereocenters. The molecule has 0 aromatic rings. The van der Waals surface area contributed by atoms with Crippen molar-refractivity contribution in [2.45, 2.75) is 26.8 Å². The number of nitrogens with two attached hydrogens (primary N) is 1. The van der Waals surface area contributed by atoms with Crippen LogP contribution in [0.15, 0.2) is 0 Å². The maximum atomic E-state index is 11.4. The van der Waals surface area contributed by atoms with E-state index in [0.717, 1.165) is 0 Å². The van der Waals surface area contributed by atoms with E-state index < -0.39 is 11.9 Å². The number of nitrogens with zero attached hydrogens (tertiary/aromatic N) is 1. The topological polar surface area (TPSA) is 75.4 Å². The van der Waals surface area contributed by atoms with Crippen LogP contribution in [0, 0.1) is 5.41 Å². The zero-order valence-corrected chi connectivity index (χ0v) is 8.83. The number of carbonyl (C=O) groups excluding carboxylic acids is 2. The molecule has 1 fully saturated rings. The third kappa shape index (κ3) is 1.97. The molecule has 1 rings (SSSR count). The molecule has 1 unspecified atom stereocenters. The Labute approximate surface area is 83.6 Å². The van der Waals surface area contributed by atoms with Gasteiger partial charge in [-0.1, -0.05) is 20.8 Å². The van der Waals surface area contributed by atoms with Crippen LogP contribution < -0.4 is 11.1 Å². The molecule has 80 valence electrons. The minimum absolute atomic E-state index is 0.205. The van der Waals surface area contributed by atoms with Gasteiger partial charge in [-0.15, -0.1) is 0 Å². The predicted molar refractivity (Wildman–Crippen MR) is 52.5 cm³/mol. The highest BCUT2D eigenvalue weighted by atomic mass is 16.2. The van der Waals surface area contributed by atoms with Gasteiger partial charge in [0, 0.05) is 13.1 Å². The highest BCUT2D eigenvalue weighted by molar-refractivity contribution is 5.87. The third-order valence-corrected chi connectivity index (χ3v) is 2.29. The fourth-order valence-electron chi connectivity index (χ4n) is 1.78. The molecule has 1 aliphatic rings. The lowest BCUT2D eigenvalue weighted by molar-refractivity contribution is -0.125. The Morgan fingerprint density at radius 1 is 1.57 bits per heavy atom. The van der Waals surface area contributed by atoms with Crippen LogP contribution in [0.1, 0.15) is 20.8 Å². The van der Waals surface area contributed by atoms with Gasteiger partial charge >= 0.3 is 6.03 Å². The summed E-state index contributed by atoms with van der Waals surface area (Å²) in [7, 11) is 0. The van der Waals surface area contributed by atoms with Crippen molar-refractivity contribution in [3.05, 3.63) is 0 Å². The average molecular weight is 199 g/mol. The van der Waals surface area contributed by atoms with Crippen molar-refractivity contribution in [2.75, 3.05) is 13.1 Å². The molecule has 0 aliphatic carbocycles. The number of primary amides is 1. The Kier molecular flexibility index (Phi) is 2.69. The van der Waals surface area contributed by atoms with Crippen LogP contribution in [-0.4, -0.2) is 36.0 Å². The summed E-state index contributed by atoms with van der Waals surface area (Å²) in [5, 5.41) is 2.66. The van der Waals surface area contributed by atoms with Crippen molar-refractivity contribution >= 4 is 11.9 Å². The summed E-state index contributed by atoms with van der Waals surface area (Å²) in [5.74, 6) is -0.449. The number of rotatable bonds is 2. The lowest BCUT2D eigenvalue weighted by Crippen LogP contribution is -2.53. The third-order valence-electron chi connectivity index (χ3n) is 2.29. The van der Waals surface area contributed by atoms with Crippen molar-refractivity contribution in [3.63, 3.8) is 0 Å². The Bertz CT molecular complexity index is 257. The van der Waals surface area contributed by atoms with Gasteiger partial charge < -0.3 is 16.0 Å². The van der Waals surface area contributed by atoms with Gasteiger partial charge in [0.05, 0.1) is 0 Å². The van der Waals surface area contributed by atoms with Crippen LogP contribution in [0.4, 0.5) is 4.79 Å². The number of amides is 3. The SMILES string of the molecule is CC(C)(C)C(C(N)=O)N1CCNC1=O. The maximum Gasteiger partial charge on any atom is 0.318 e. The molecule has 1 saturated heterocycles. The van der Waals surface area contributed by atoms with Crippen molar-refractivity contribution in [2.24, 2.45) is 11.1 Å². The Morgan fingerprint density at radius 2 is 2.14 bits per heavy atom. The molecule has 0 saturated carbocycles. The number of carbonyl (C=O) groups is 2. The first-order chi connectivity index (χ1) is 6.34. The number of urea groups is 1. The van der Waals surface area contributed by atoms with E-state index in [0.29, 0.717) is 13.1 Å². The molecule has 14 heavy (non-hydrogen) atoms. The maximum absolute atomic E-state index is 11.4. The van der Waals surface area contributed by atoms with Crippen LogP contribution in [-0.2, 0) is 4.79 Å². The van der Waals surface area contributed by atoms with Crippen LogP contribution >= 0.6 is 0 Å². The lowest BCUT2D eigenvalue weighted by atomic mass is 9.85. The van der Waals surface area contributed by atoms with Crippen LogP contribution in [0.5, 0.6) is 0 Å². The summed E-state index contributed by atoms with van der Waals surface area (Å²) >= 11 is 0. The first-order valence-electron chi connectivity index (χ1n) is 4.68. The molecule has 1 aliphatic heterocycles.